The number of nitrogens with zero attached hydrogens (tertiary/aromatic N) is 1. The smallest absolute Gasteiger partial charge is 0.266 e. The van der Waals surface area contributed by atoms with Crippen LogP contribution in [-0.4, -0.2) is 5.91 Å². The largest absolute Gasteiger partial charge is 0.449 e. The van der Waals surface area contributed by atoms with Gasteiger partial charge < -0.3 is 9.73 Å². The molecule has 4 nitrogen and oxygen atoms in total. The van der Waals surface area contributed by atoms with Crippen molar-refractivity contribution in [3.63, 3.8) is 0 Å². The van der Waals surface area contributed by atoms with E-state index < -0.39 is 5.91 Å². The van der Waals surface area contributed by atoms with Gasteiger partial charge in [-0.3, -0.25) is 4.79 Å². The number of furan rings is 1. The molecule has 0 aliphatic carbocycles. The second kappa shape index (κ2) is 9.09. The summed E-state index contributed by atoms with van der Waals surface area (Å²) < 4.78 is 7.43. The molecule has 0 aliphatic heterocycles. The number of halogens is 2. The molecule has 27 heavy (non-hydrogen) atoms. The molecule has 134 valence electrons. The van der Waals surface area contributed by atoms with Crippen LogP contribution in [0, 0.1) is 11.3 Å². The van der Waals surface area contributed by atoms with E-state index in [1.54, 1.807) is 18.2 Å². The molecule has 0 atom stereocenters. The minimum atomic E-state index is -0.496. The predicted molar refractivity (Wildman–Crippen MR) is 113 cm³/mol. The molecule has 0 bridgehead atoms. The first-order chi connectivity index (χ1) is 13.0. The van der Waals surface area contributed by atoms with Crippen LogP contribution in [0.25, 0.3) is 6.08 Å². The van der Waals surface area contributed by atoms with Gasteiger partial charge >= 0.3 is 0 Å². The predicted octanol–water partition coefficient (Wildman–Crippen LogP) is 6.50. The molecule has 0 radical (unpaired) electrons. The summed E-state index contributed by atoms with van der Waals surface area (Å²) in [7, 11) is 0. The fourth-order valence-electron chi connectivity index (χ4n) is 2.13. The molecule has 0 fully saturated rings. The Morgan fingerprint density at radius 2 is 1.81 bits per heavy atom. The minimum Gasteiger partial charge on any atom is -0.449 e. The van der Waals surface area contributed by atoms with E-state index in [-0.39, 0.29) is 5.57 Å². The molecule has 7 heteroatoms. The molecule has 0 saturated carbocycles. The van der Waals surface area contributed by atoms with Crippen LogP contribution in [0.5, 0.6) is 0 Å². The van der Waals surface area contributed by atoms with E-state index in [4.69, 9.17) is 4.42 Å². The van der Waals surface area contributed by atoms with Gasteiger partial charge in [-0.2, -0.15) is 5.26 Å². The van der Waals surface area contributed by atoms with E-state index in [1.165, 1.54) is 17.8 Å². The lowest BCUT2D eigenvalue weighted by molar-refractivity contribution is -0.112. The average molecular weight is 504 g/mol. The molecule has 1 aromatic heterocycles. The number of amides is 1. The molecule has 0 saturated heterocycles. The van der Waals surface area contributed by atoms with E-state index in [9.17, 15) is 10.1 Å². The van der Waals surface area contributed by atoms with Crippen molar-refractivity contribution in [2.45, 2.75) is 9.99 Å². The molecule has 3 rings (SSSR count). The lowest BCUT2D eigenvalue weighted by Gasteiger charge is -2.03. The van der Waals surface area contributed by atoms with E-state index in [0.717, 1.165) is 13.8 Å². The SMILES string of the molecule is N#C/C(=C/c1cc(Br)c(Sc2ccccc2)o1)C(=O)Nc1ccc(Br)cc1. The van der Waals surface area contributed by atoms with Crippen molar-refractivity contribution in [1.82, 2.24) is 0 Å². The number of anilines is 1. The third-order valence-corrected chi connectivity index (χ3v) is 5.76. The van der Waals surface area contributed by atoms with Crippen LogP contribution in [0.1, 0.15) is 5.76 Å². The molecule has 0 unspecified atom stereocenters. The van der Waals surface area contributed by atoms with E-state index in [0.29, 0.717) is 16.5 Å². The van der Waals surface area contributed by atoms with Gasteiger partial charge in [0.1, 0.15) is 17.4 Å². The first-order valence-electron chi connectivity index (χ1n) is 7.76. The second-order valence-corrected chi connectivity index (χ2v) is 8.15. The van der Waals surface area contributed by atoms with Crippen molar-refractivity contribution in [1.29, 1.82) is 5.26 Å². The van der Waals surface area contributed by atoms with Gasteiger partial charge in [0, 0.05) is 21.1 Å². The minimum absolute atomic E-state index is 0.0459. The van der Waals surface area contributed by atoms with Crippen LogP contribution >= 0.6 is 43.6 Å². The molecule has 2 aromatic carbocycles. The molecular weight excluding hydrogens is 492 g/mol. The normalized spacial score (nSPS) is 11.1. The van der Waals surface area contributed by atoms with Crippen molar-refractivity contribution < 1.29 is 9.21 Å². The van der Waals surface area contributed by atoms with Crippen molar-refractivity contribution in [3.8, 4) is 6.07 Å². The lowest BCUT2D eigenvalue weighted by atomic mass is 10.2. The summed E-state index contributed by atoms with van der Waals surface area (Å²) >= 11 is 8.24. The number of benzene rings is 2. The Morgan fingerprint density at radius 3 is 2.48 bits per heavy atom. The number of rotatable bonds is 5. The Labute approximate surface area is 177 Å². The summed E-state index contributed by atoms with van der Waals surface area (Å²) in [6, 6.07) is 20.5. The molecule has 1 amide bonds. The second-order valence-electron chi connectivity index (χ2n) is 5.33. The van der Waals surface area contributed by atoms with E-state index >= 15 is 0 Å². The zero-order chi connectivity index (χ0) is 19.2. The Morgan fingerprint density at radius 1 is 1.11 bits per heavy atom. The fourth-order valence-corrected chi connectivity index (χ4v) is 3.74. The summed E-state index contributed by atoms with van der Waals surface area (Å²) in [4.78, 5) is 13.4. The number of nitriles is 1. The standard InChI is InChI=1S/C20H12Br2N2O2S/c21-14-6-8-15(9-7-14)24-19(25)13(12-23)10-16-11-18(22)20(26-16)27-17-4-2-1-3-5-17/h1-11H,(H,24,25)/b13-10-. The monoisotopic (exact) mass is 502 g/mol. The highest BCUT2D eigenvalue weighted by Gasteiger charge is 2.14. The zero-order valence-electron chi connectivity index (χ0n) is 13.8. The highest BCUT2D eigenvalue weighted by molar-refractivity contribution is 9.10. The van der Waals surface area contributed by atoms with Crippen LogP contribution < -0.4 is 5.32 Å². The highest BCUT2D eigenvalue weighted by Crippen LogP contribution is 2.36. The number of hydrogen-bond acceptors (Lipinski definition) is 4. The third-order valence-electron chi connectivity index (χ3n) is 3.38. The first kappa shape index (κ1) is 19.5. The number of carbonyl (C=O) groups is 1. The molecule has 0 spiro atoms. The lowest BCUT2D eigenvalue weighted by Crippen LogP contribution is -2.13. The van der Waals surface area contributed by atoms with Gasteiger partial charge in [-0.25, -0.2) is 0 Å². The van der Waals surface area contributed by atoms with Crippen molar-refractivity contribution in [3.05, 3.63) is 80.9 Å². The maximum absolute atomic E-state index is 12.3. The quantitative estimate of drug-likeness (QED) is 0.318. The summed E-state index contributed by atoms with van der Waals surface area (Å²) in [6.45, 7) is 0. The first-order valence-corrected chi connectivity index (χ1v) is 10.2. The topological polar surface area (TPSA) is 66.0 Å². The van der Waals surface area contributed by atoms with Gasteiger partial charge in [-0.1, -0.05) is 45.9 Å². The van der Waals surface area contributed by atoms with Crippen LogP contribution in [0.15, 0.2) is 89.6 Å². The Balaban J connectivity index is 1.77. The van der Waals surface area contributed by atoms with Crippen LogP contribution in [0.3, 0.4) is 0 Å². The Bertz CT molecular complexity index is 1020. The average Bonchev–Trinajstić information content (AvgIpc) is 3.01. The van der Waals surface area contributed by atoms with Crippen LogP contribution in [0.2, 0.25) is 0 Å². The molecule has 0 aliphatic rings. The van der Waals surface area contributed by atoms with Crippen LogP contribution in [0.4, 0.5) is 5.69 Å². The summed E-state index contributed by atoms with van der Waals surface area (Å²) in [5.41, 5.74) is 0.556. The molecule has 1 N–H and O–H groups in total. The highest BCUT2D eigenvalue weighted by atomic mass is 79.9. The summed E-state index contributed by atoms with van der Waals surface area (Å²) in [6.07, 6.45) is 1.42. The fraction of sp³-hybridized carbons (Fsp3) is 0. The maximum atomic E-state index is 12.3. The van der Waals surface area contributed by atoms with E-state index in [1.807, 2.05) is 48.5 Å². The Kier molecular flexibility index (Phi) is 6.56. The number of hydrogen-bond donors (Lipinski definition) is 1. The third kappa shape index (κ3) is 5.36. The summed E-state index contributed by atoms with van der Waals surface area (Å²) in [5.74, 6) is -0.0765. The Hall–Kier alpha value is -2.27. The number of nitrogens with one attached hydrogen (secondary N) is 1. The zero-order valence-corrected chi connectivity index (χ0v) is 17.8. The van der Waals surface area contributed by atoms with Crippen molar-refractivity contribution in [2.24, 2.45) is 0 Å². The molecule has 3 aromatic rings. The molecule has 1 heterocycles. The van der Waals surface area contributed by atoms with E-state index in [2.05, 4.69) is 37.2 Å². The van der Waals surface area contributed by atoms with Crippen molar-refractivity contribution in [2.75, 3.05) is 5.32 Å². The van der Waals surface area contributed by atoms with Gasteiger partial charge in [-0.15, -0.1) is 0 Å². The van der Waals surface area contributed by atoms with Gasteiger partial charge in [-0.05, 0) is 58.4 Å². The van der Waals surface area contributed by atoms with Crippen molar-refractivity contribution >= 4 is 61.3 Å². The molecular formula is C20H12Br2N2O2S. The maximum Gasteiger partial charge on any atom is 0.266 e. The van der Waals surface area contributed by atoms with Gasteiger partial charge in [0.05, 0.1) is 4.47 Å². The van der Waals surface area contributed by atoms with Gasteiger partial charge in [0.25, 0.3) is 5.91 Å². The number of carbonyl (C=O) groups excluding carboxylic acids is 1. The van der Waals surface area contributed by atoms with Gasteiger partial charge in [0.2, 0.25) is 0 Å². The summed E-state index contributed by atoms with van der Waals surface area (Å²) in [5, 5.41) is 12.7. The van der Waals surface area contributed by atoms with Gasteiger partial charge in [0.15, 0.2) is 5.09 Å². The van der Waals surface area contributed by atoms with Crippen LogP contribution in [-0.2, 0) is 4.79 Å².